The summed E-state index contributed by atoms with van der Waals surface area (Å²) in [7, 11) is 0. The maximum atomic E-state index is 5.84. The molecular formula is C16H22N4. The van der Waals surface area contributed by atoms with Crippen molar-refractivity contribution in [2.45, 2.75) is 38.6 Å². The van der Waals surface area contributed by atoms with E-state index in [-0.39, 0.29) is 6.04 Å². The molecule has 3 N–H and O–H groups in total. The Morgan fingerprint density at radius 3 is 2.75 bits per heavy atom. The Morgan fingerprint density at radius 2 is 2.00 bits per heavy atom. The van der Waals surface area contributed by atoms with Crippen LogP contribution in [0.4, 0.5) is 0 Å². The first-order valence-electron chi connectivity index (χ1n) is 7.44. The highest BCUT2D eigenvalue weighted by atomic mass is 15.2. The highest BCUT2D eigenvalue weighted by Crippen LogP contribution is 2.37. The number of nitrogens with zero attached hydrogens (tertiary/aromatic N) is 2. The maximum absolute atomic E-state index is 5.84. The Kier molecular flexibility index (Phi) is 3.94. The number of hydrazine groups is 1. The van der Waals surface area contributed by atoms with E-state index in [1.807, 2.05) is 6.07 Å². The summed E-state index contributed by atoms with van der Waals surface area (Å²) in [6.45, 7) is 2.34. The van der Waals surface area contributed by atoms with Gasteiger partial charge in [0.25, 0.3) is 0 Å². The average Bonchev–Trinajstić information content (AvgIpc) is 2.48. The lowest BCUT2D eigenvalue weighted by molar-refractivity contribution is 0.224. The van der Waals surface area contributed by atoms with Crippen LogP contribution >= 0.6 is 0 Å². The van der Waals surface area contributed by atoms with Crippen LogP contribution in [0, 0.1) is 11.8 Å². The first-order valence-corrected chi connectivity index (χ1v) is 7.44. The first kappa shape index (κ1) is 13.5. The summed E-state index contributed by atoms with van der Waals surface area (Å²) in [5.41, 5.74) is 6.12. The molecule has 2 aromatic rings. The molecule has 1 aromatic heterocycles. The van der Waals surface area contributed by atoms with Crippen LogP contribution in [0.25, 0.3) is 11.0 Å². The van der Waals surface area contributed by atoms with Gasteiger partial charge in [-0.3, -0.25) is 21.2 Å². The summed E-state index contributed by atoms with van der Waals surface area (Å²) >= 11 is 0. The highest BCUT2D eigenvalue weighted by Gasteiger charge is 2.27. The standard InChI is InChI=1S/C16H22N4/c1-11-3-2-4-12(9-11)16(20-17)13-5-6-14-15(10-13)19-8-7-18-14/h5-8,10-12,16,20H,2-4,9,17H2,1H3. The normalized spacial score (nSPS) is 24.7. The Morgan fingerprint density at radius 1 is 1.20 bits per heavy atom. The molecule has 0 saturated heterocycles. The summed E-state index contributed by atoms with van der Waals surface area (Å²) in [5.74, 6) is 7.24. The van der Waals surface area contributed by atoms with Gasteiger partial charge in [0.05, 0.1) is 11.0 Å². The van der Waals surface area contributed by atoms with Crippen LogP contribution < -0.4 is 11.3 Å². The number of hydrogen-bond donors (Lipinski definition) is 2. The van der Waals surface area contributed by atoms with E-state index in [2.05, 4.69) is 34.5 Å². The van der Waals surface area contributed by atoms with Crippen LogP contribution in [0.2, 0.25) is 0 Å². The fourth-order valence-electron chi connectivity index (χ4n) is 3.46. The Bertz CT molecular complexity index is 583. The lowest BCUT2D eigenvalue weighted by Crippen LogP contribution is -2.35. The smallest absolute Gasteiger partial charge is 0.0890 e. The minimum Gasteiger partial charge on any atom is -0.271 e. The summed E-state index contributed by atoms with van der Waals surface area (Å²) in [6.07, 6.45) is 8.60. The van der Waals surface area contributed by atoms with E-state index in [9.17, 15) is 0 Å². The molecule has 1 fully saturated rings. The van der Waals surface area contributed by atoms with E-state index >= 15 is 0 Å². The van der Waals surface area contributed by atoms with Crippen LogP contribution in [0.3, 0.4) is 0 Å². The number of nitrogens with one attached hydrogen (secondary N) is 1. The molecule has 3 rings (SSSR count). The lowest BCUT2D eigenvalue weighted by Gasteiger charge is -2.33. The number of rotatable bonds is 3. The summed E-state index contributed by atoms with van der Waals surface area (Å²) < 4.78 is 0. The van der Waals surface area contributed by atoms with Crippen molar-refractivity contribution < 1.29 is 0 Å². The van der Waals surface area contributed by atoms with Crippen LogP contribution in [0.15, 0.2) is 30.6 Å². The fraction of sp³-hybridized carbons (Fsp3) is 0.500. The SMILES string of the molecule is CC1CCCC(C(NN)c2ccc3nccnc3c2)C1. The van der Waals surface area contributed by atoms with E-state index in [4.69, 9.17) is 5.84 Å². The topological polar surface area (TPSA) is 63.8 Å². The summed E-state index contributed by atoms with van der Waals surface area (Å²) in [6, 6.07) is 6.49. The van der Waals surface area contributed by atoms with Crippen molar-refractivity contribution in [1.29, 1.82) is 0 Å². The third kappa shape index (κ3) is 2.67. The summed E-state index contributed by atoms with van der Waals surface area (Å²) in [5, 5.41) is 0. The molecule has 1 aliphatic rings. The van der Waals surface area contributed by atoms with Gasteiger partial charge in [-0.25, -0.2) is 0 Å². The number of aromatic nitrogens is 2. The van der Waals surface area contributed by atoms with Gasteiger partial charge in [-0.1, -0.05) is 25.8 Å². The van der Waals surface area contributed by atoms with Crippen LogP contribution in [-0.2, 0) is 0 Å². The minimum atomic E-state index is 0.212. The van der Waals surface area contributed by atoms with Crippen LogP contribution in [-0.4, -0.2) is 9.97 Å². The molecule has 0 bridgehead atoms. The molecule has 3 atom stereocenters. The maximum Gasteiger partial charge on any atom is 0.0890 e. The molecule has 106 valence electrons. The van der Waals surface area contributed by atoms with Gasteiger partial charge in [0, 0.05) is 18.4 Å². The van der Waals surface area contributed by atoms with E-state index in [1.165, 1.54) is 31.2 Å². The van der Waals surface area contributed by atoms with Crippen molar-refractivity contribution in [3.05, 3.63) is 36.2 Å². The average molecular weight is 270 g/mol. The molecule has 4 nitrogen and oxygen atoms in total. The molecule has 0 amide bonds. The van der Waals surface area contributed by atoms with Crippen molar-refractivity contribution in [1.82, 2.24) is 15.4 Å². The van der Waals surface area contributed by atoms with Crippen molar-refractivity contribution in [3.8, 4) is 0 Å². The number of fused-ring (bicyclic) bond motifs is 1. The molecule has 0 radical (unpaired) electrons. The van der Waals surface area contributed by atoms with Crippen LogP contribution in [0.5, 0.6) is 0 Å². The van der Waals surface area contributed by atoms with Crippen molar-refractivity contribution in [2.24, 2.45) is 17.7 Å². The largest absolute Gasteiger partial charge is 0.271 e. The molecule has 1 aromatic carbocycles. The molecule has 0 aliphatic heterocycles. The fourth-order valence-corrected chi connectivity index (χ4v) is 3.46. The zero-order valence-electron chi connectivity index (χ0n) is 11.9. The van der Waals surface area contributed by atoms with Crippen molar-refractivity contribution in [3.63, 3.8) is 0 Å². The van der Waals surface area contributed by atoms with Gasteiger partial charge >= 0.3 is 0 Å². The van der Waals surface area contributed by atoms with Gasteiger partial charge in [-0.05, 0) is 42.4 Å². The van der Waals surface area contributed by atoms with E-state index in [0.717, 1.165) is 17.0 Å². The third-order valence-electron chi connectivity index (χ3n) is 4.48. The number of hydrogen-bond acceptors (Lipinski definition) is 4. The molecule has 20 heavy (non-hydrogen) atoms. The molecule has 0 spiro atoms. The molecule has 1 saturated carbocycles. The third-order valence-corrected chi connectivity index (χ3v) is 4.48. The second kappa shape index (κ2) is 5.85. The highest BCUT2D eigenvalue weighted by molar-refractivity contribution is 5.74. The predicted molar refractivity (Wildman–Crippen MR) is 80.7 cm³/mol. The monoisotopic (exact) mass is 270 g/mol. The van der Waals surface area contributed by atoms with Gasteiger partial charge < -0.3 is 0 Å². The minimum absolute atomic E-state index is 0.212. The van der Waals surface area contributed by atoms with Gasteiger partial charge in [0.1, 0.15) is 0 Å². The van der Waals surface area contributed by atoms with Gasteiger partial charge in [-0.2, -0.15) is 0 Å². The zero-order chi connectivity index (χ0) is 13.9. The van der Waals surface area contributed by atoms with Gasteiger partial charge in [-0.15, -0.1) is 0 Å². The lowest BCUT2D eigenvalue weighted by atomic mass is 9.77. The Balaban J connectivity index is 1.90. The Hall–Kier alpha value is -1.52. The molecule has 1 heterocycles. The van der Waals surface area contributed by atoms with Crippen LogP contribution in [0.1, 0.15) is 44.2 Å². The summed E-state index contributed by atoms with van der Waals surface area (Å²) in [4.78, 5) is 8.71. The predicted octanol–water partition coefficient (Wildman–Crippen LogP) is 2.96. The second-order valence-corrected chi connectivity index (χ2v) is 5.98. The van der Waals surface area contributed by atoms with Gasteiger partial charge in [0.2, 0.25) is 0 Å². The second-order valence-electron chi connectivity index (χ2n) is 5.98. The number of nitrogens with two attached hydrogens (primary N) is 1. The molecule has 4 heteroatoms. The number of benzene rings is 1. The van der Waals surface area contributed by atoms with E-state index in [0.29, 0.717) is 5.92 Å². The van der Waals surface area contributed by atoms with E-state index in [1.54, 1.807) is 12.4 Å². The quantitative estimate of drug-likeness (QED) is 0.665. The van der Waals surface area contributed by atoms with Crippen molar-refractivity contribution in [2.75, 3.05) is 0 Å². The van der Waals surface area contributed by atoms with E-state index < -0.39 is 0 Å². The van der Waals surface area contributed by atoms with Gasteiger partial charge in [0.15, 0.2) is 0 Å². The molecule has 1 aliphatic carbocycles. The molecular weight excluding hydrogens is 248 g/mol. The van der Waals surface area contributed by atoms with Crippen molar-refractivity contribution >= 4 is 11.0 Å². The Labute approximate surface area is 119 Å². The molecule has 3 unspecified atom stereocenters. The zero-order valence-corrected chi connectivity index (χ0v) is 11.9. The first-order chi connectivity index (χ1) is 9.78.